The molecule has 0 saturated carbocycles. The maximum Gasteiger partial charge on any atom is 0.501 e. The number of nitrogens with zero attached hydrogens (tertiary/aromatic N) is 2. The van der Waals surface area contributed by atoms with Crippen molar-refractivity contribution in [2.45, 2.75) is 31.9 Å². The molecule has 9 heteroatoms. The predicted octanol–water partition coefficient (Wildman–Crippen LogP) is 0.925. The minimum absolute atomic E-state index is 0.163. The van der Waals surface area contributed by atoms with Gasteiger partial charge in [0.2, 0.25) is 5.91 Å². The number of imide groups is 1. The van der Waals surface area contributed by atoms with E-state index in [2.05, 4.69) is 10.2 Å². The van der Waals surface area contributed by atoms with Crippen molar-refractivity contribution < 1.29 is 22.9 Å². The average Bonchev–Trinajstić information content (AvgIpc) is 2.93. The van der Waals surface area contributed by atoms with Crippen molar-refractivity contribution in [3.05, 3.63) is 29.8 Å². The minimum atomic E-state index is -2.64. The first-order valence-electron chi connectivity index (χ1n) is 10.4. The van der Waals surface area contributed by atoms with E-state index in [1.54, 1.807) is 0 Å². The highest BCUT2D eigenvalue weighted by atomic mass is 28.4. The van der Waals surface area contributed by atoms with Crippen LogP contribution in [0.5, 0.6) is 0 Å². The summed E-state index contributed by atoms with van der Waals surface area (Å²) < 4.78 is 18.1. The van der Waals surface area contributed by atoms with Gasteiger partial charge in [0, 0.05) is 25.7 Å². The van der Waals surface area contributed by atoms with Gasteiger partial charge in [-0.2, -0.15) is 0 Å². The Morgan fingerprint density at radius 3 is 2.28 bits per heavy atom. The highest BCUT2D eigenvalue weighted by Gasteiger charge is 2.44. The van der Waals surface area contributed by atoms with Crippen LogP contribution in [0.4, 0.5) is 5.69 Å². The van der Waals surface area contributed by atoms with Crippen molar-refractivity contribution in [1.29, 1.82) is 0 Å². The van der Waals surface area contributed by atoms with Crippen molar-refractivity contribution in [3.8, 4) is 0 Å². The number of hydrogen-bond acceptors (Lipinski definition) is 7. The Morgan fingerprint density at radius 2 is 1.66 bits per heavy atom. The van der Waals surface area contributed by atoms with Crippen molar-refractivity contribution in [2.24, 2.45) is 0 Å². The Kier molecular flexibility index (Phi) is 6.43. The van der Waals surface area contributed by atoms with Gasteiger partial charge in [0.1, 0.15) is 0 Å². The molecular formula is C20H29N3O5Si. The molecule has 1 aromatic rings. The number of aryl methyl sites for hydroxylation is 1. The maximum absolute atomic E-state index is 12.7. The van der Waals surface area contributed by atoms with Gasteiger partial charge in [-0.15, -0.1) is 0 Å². The van der Waals surface area contributed by atoms with Crippen molar-refractivity contribution in [2.75, 3.05) is 50.9 Å². The van der Waals surface area contributed by atoms with E-state index in [1.165, 1.54) is 4.90 Å². The molecule has 0 spiro atoms. The molecule has 5 rings (SSSR count). The molecule has 1 unspecified atom stereocenters. The van der Waals surface area contributed by atoms with Gasteiger partial charge in [-0.05, 0) is 32.0 Å². The van der Waals surface area contributed by atoms with Crippen LogP contribution in [0.3, 0.4) is 0 Å². The summed E-state index contributed by atoms with van der Waals surface area (Å²) in [6.07, 6.45) is 0.965. The average molecular weight is 420 g/mol. The molecule has 1 N–H and O–H groups in total. The van der Waals surface area contributed by atoms with Crippen molar-refractivity contribution in [1.82, 2.24) is 10.2 Å². The van der Waals surface area contributed by atoms with Gasteiger partial charge in [0.25, 0.3) is 5.91 Å². The zero-order valence-electron chi connectivity index (χ0n) is 16.9. The number of nitrogens with one attached hydrogen (secondary N) is 1. The normalized spacial score (nSPS) is 30.3. The molecule has 8 nitrogen and oxygen atoms in total. The molecule has 4 heterocycles. The summed E-state index contributed by atoms with van der Waals surface area (Å²) in [4.78, 5) is 28.7. The lowest BCUT2D eigenvalue weighted by atomic mass is 10.2. The smallest absolute Gasteiger partial charge is 0.372 e. The quantitative estimate of drug-likeness (QED) is 0.417. The first kappa shape index (κ1) is 20.6. The second kappa shape index (κ2) is 9.03. The third kappa shape index (κ3) is 4.76. The lowest BCUT2D eigenvalue weighted by molar-refractivity contribution is -0.121. The largest absolute Gasteiger partial charge is 0.501 e. The fraction of sp³-hybridized carbons (Fsp3) is 0.600. The molecule has 0 aliphatic carbocycles. The molecule has 1 aromatic carbocycles. The number of carbonyl (C=O) groups excluding carboxylic acids is 2. The molecule has 4 saturated heterocycles. The third-order valence-electron chi connectivity index (χ3n) is 5.68. The van der Waals surface area contributed by atoms with E-state index in [-0.39, 0.29) is 18.2 Å². The molecule has 1 atom stereocenters. The van der Waals surface area contributed by atoms with Gasteiger partial charge in [0.15, 0.2) is 0 Å². The van der Waals surface area contributed by atoms with E-state index in [0.717, 1.165) is 37.7 Å². The Labute approximate surface area is 172 Å². The molecule has 158 valence electrons. The first-order chi connectivity index (χ1) is 14.1. The summed E-state index contributed by atoms with van der Waals surface area (Å²) in [5.74, 6) is -0.348. The van der Waals surface area contributed by atoms with Crippen LogP contribution < -0.4 is 10.2 Å². The van der Waals surface area contributed by atoms with Gasteiger partial charge in [0.05, 0.1) is 38.0 Å². The zero-order valence-corrected chi connectivity index (χ0v) is 17.9. The Balaban J connectivity index is 1.28. The fourth-order valence-electron chi connectivity index (χ4n) is 4.01. The SMILES string of the molecule is Cc1ccc(N2C(=O)CC(NCCC[Si]34OCCN(CCO3)CCO4)C2=O)cc1. The molecule has 2 bridgehead atoms. The van der Waals surface area contributed by atoms with Crippen LogP contribution in [0.15, 0.2) is 24.3 Å². The molecule has 0 radical (unpaired) electrons. The van der Waals surface area contributed by atoms with E-state index in [9.17, 15) is 9.59 Å². The predicted molar refractivity (Wildman–Crippen MR) is 110 cm³/mol. The van der Waals surface area contributed by atoms with Crippen LogP contribution in [0.2, 0.25) is 6.04 Å². The van der Waals surface area contributed by atoms with Crippen LogP contribution in [0, 0.1) is 6.92 Å². The summed E-state index contributed by atoms with van der Waals surface area (Å²) in [5.41, 5.74) is 1.73. The highest BCUT2D eigenvalue weighted by molar-refractivity contribution is 6.60. The number of rotatable bonds is 6. The number of fused-ring (bicyclic) bond motifs is 6. The number of carbonyl (C=O) groups is 2. The monoisotopic (exact) mass is 419 g/mol. The molecular weight excluding hydrogens is 390 g/mol. The van der Waals surface area contributed by atoms with E-state index in [0.29, 0.717) is 32.1 Å². The lowest BCUT2D eigenvalue weighted by Gasteiger charge is -2.38. The number of amides is 2. The maximum atomic E-state index is 12.7. The van der Waals surface area contributed by atoms with Crippen LogP contribution in [0.1, 0.15) is 18.4 Å². The van der Waals surface area contributed by atoms with E-state index < -0.39 is 14.8 Å². The Bertz CT molecular complexity index is 718. The zero-order chi connectivity index (χ0) is 20.3. The van der Waals surface area contributed by atoms with E-state index >= 15 is 0 Å². The van der Waals surface area contributed by atoms with Gasteiger partial charge in [-0.25, -0.2) is 4.90 Å². The van der Waals surface area contributed by atoms with Crippen LogP contribution in [0.25, 0.3) is 0 Å². The van der Waals surface area contributed by atoms with Gasteiger partial charge in [-0.1, -0.05) is 17.7 Å². The second-order valence-electron chi connectivity index (χ2n) is 7.79. The highest BCUT2D eigenvalue weighted by Crippen LogP contribution is 2.24. The summed E-state index contributed by atoms with van der Waals surface area (Å²) >= 11 is 0. The molecule has 29 heavy (non-hydrogen) atoms. The van der Waals surface area contributed by atoms with Crippen LogP contribution in [-0.4, -0.2) is 77.6 Å². The minimum Gasteiger partial charge on any atom is -0.372 e. The van der Waals surface area contributed by atoms with Gasteiger partial charge < -0.3 is 18.6 Å². The molecule has 2 amide bonds. The molecule has 4 aliphatic rings. The first-order valence-corrected chi connectivity index (χ1v) is 12.3. The standard InChI is InChI=1S/C20H29N3O5Si/c1-16-3-5-17(6-4-16)23-19(24)15-18(20(23)25)21-7-2-14-29-26-11-8-22(9-12-27-29)10-13-28-29/h3-6,18,21H,2,7-15H2,1H3. The Morgan fingerprint density at radius 1 is 1.03 bits per heavy atom. The van der Waals surface area contributed by atoms with Crippen LogP contribution in [-0.2, 0) is 22.9 Å². The molecule has 4 fully saturated rings. The van der Waals surface area contributed by atoms with Crippen molar-refractivity contribution >= 4 is 26.3 Å². The lowest BCUT2D eigenvalue weighted by Crippen LogP contribution is -2.55. The number of anilines is 1. The summed E-state index contributed by atoms with van der Waals surface area (Å²) in [6, 6.07) is 7.68. The summed E-state index contributed by atoms with van der Waals surface area (Å²) in [5, 5.41) is 3.24. The second-order valence-corrected chi connectivity index (χ2v) is 10.5. The van der Waals surface area contributed by atoms with Crippen LogP contribution >= 0.6 is 0 Å². The number of benzene rings is 1. The van der Waals surface area contributed by atoms with Gasteiger partial charge >= 0.3 is 8.80 Å². The fourth-order valence-corrected chi connectivity index (χ4v) is 6.51. The van der Waals surface area contributed by atoms with Crippen molar-refractivity contribution in [3.63, 3.8) is 0 Å². The topological polar surface area (TPSA) is 80.3 Å². The Hall–Kier alpha value is -1.62. The van der Waals surface area contributed by atoms with E-state index in [4.69, 9.17) is 13.3 Å². The number of hydrogen-bond donors (Lipinski definition) is 1. The molecule has 0 aromatic heterocycles. The summed E-state index contributed by atoms with van der Waals surface area (Å²) in [6.45, 7) is 7.28. The molecule has 4 aliphatic heterocycles. The third-order valence-corrected chi connectivity index (χ3v) is 8.58. The summed E-state index contributed by atoms with van der Waals surface area (Å²) in [7, 11) is -2.64. The van der Waals surface area contributed by atoms with E-state index in [1.807, 2.05) is 31.2 Å². The van der Waals surface area contributed by atoms with Gasteiger partial charge in [-0.3, -0.25) is 14.5 Å².